The molecular weight excluding hydrogens is 533 g/mol. The zero-order chi connectivity index (χ0) is 29.0. The Bertz CT molecular complexity index is 2070. The molecule has 0 N–H and O–H groups in total. The van der Waals surface area contributed by atoms with E-state index < -0.39 is 7.40 Å². The Morgan fingerprint density at radius 1 is 0.714 bits per heavy atom. The van der Waals surface area contributed by atoms with Gasteiger partial charge in [-0.2, -0.15) is 0 Å². The number of nitrogens with zero attached hydrogens (tertiary/aromatic N) is 2. The number of fused-ring (bicyclic) bond motifs is 6. The van der Waals surface area contributed by atoms with Crippen LogP contribution < -0.4 is 14.2 Å². The lowest BCUT2D eigenvalue weighted by Gasteiger charge is -2.19. The lowest BCUT2D eigenvalue weighted by molar-refractivity contribution is 0.324. The van der Waals surface area contributed by atoms with E-state index in [1.54, 1.807) is 12.1 Å². The number of hydrogen-bond acceptors (Lipinski definition) is 4. The molecule has 1 aliphatic heterocycles. The van der Waals surface area contributed by atoms with Gasteiger partial charge in [-0.1, -0.05) is 72.8 Å². The highest BCUT2D eigenvalue weighted by Gasteiger charge is 2.31. The van der Waals surface area contributed by atoms with Gasteiger partial charge in [0.15, 0.2) is 11.5 Å². The van der Waals surface area contributed by atoms with Crippen LogP contribution in [0, 0.1) is 0 Å². The molecule has 0 atom stereocenters. The molecule has 0 saturated heterocycles. The summed E-state index contributed by atoms with van der Waals surface area (Å²) in [4.78, 5) is 4.89. The Labute approximate surface area is 241 Å². The van der Waals surface area contributed by atoms with Gasteiger partial charge in [-0.15, -0.1) is 0 Å². The van der Waals surface area contributed by atoms with E-state index in [4.69, 9.17) is 19.2 Å². The first kappa shape index (κ1) is 25.8. The normalized spacial score (nSPS) is 13.5. The van der Waals surface area contributed by atoms with Crippen molar-refractivity contribution in [3.63, 3.8) is 0 Å². The van der Waals surface area contributed by atoms with Crippen LogP contribution in [0.4, 0.5) is 8.63 Å². The van der Waals surface area contributed by atoms with E-state index in [9.17, 15) is 8.63 Å². The highest BCUT2D eigenvalue weighted by atomic mass is 19.2. The van der Waals surface area contributed by atoms with Crippen molar-refractivity contribution in [1.29, 1.82) is 0 Å². The molecule has 1 aromatic heterocycles. The molecular formula is C34H25BF2N2O3. The predicted molar refractivity (Wildman–Crippen MR) is 166 cm³/mol. The maximum Gasteiger partial charge on any atom is 0.677 e. The molecule has 206 valence electrons. The third-order valence-electron chi connectivity index (χ3n) is 7.94. The molecule has 0 unspecified atom stereocenters. The summed E-state index contributed by atoms with van der Waals surface area (Å²) in [6.45, 7) is 0. The van der Waals surface area contributed by atoms with E-state index in [0.29, 0.717) is 45.2 Å². The molecule has 1 aliphatic rings. The molecule has 2 heterocycles. The van der Waals surface area contributed by atoms with Crippen molar-refractivity contribution in [3.8, 4) is 17.2 Å². The molecule has 6 aromatic rings. The van der Waals surface area contributed by atoms with Gasteiger partial charge >= 0.3 is 7.40 Å². The molecule has 0 amide bonds. The molecule has 5 aromatic carbocycles. The third-order valence-corrected chi connectivity index (χ3v) is 7.94. The van der Waals surface area contributed by atoms with Crippen LogP contribution in [-0.2, 0) is 0 Å². The van der Waals surface area contributed by atoms with E-state index in [1.165, 1.54) is 27.5 Å². The fourth-order valence-corrected chi connectivity index (χ4v) is 6.05. The second-order valence-corrected chi connectivity index (χ2v) is 10.1. The van der Waals surface area contributed by atoms with Crippen LogP contribution in [0.15, 0.2) is 96.1 Å². The molecule has 0 bridgehead atoms. The summed E-state index contributed by atoms with van der Waals surface area (Å²) in [6, 6.07) is 27.4. The zero-order valence-corrected chi connectivity index (χ0v) is 23.2. The minimum Gasteiger partial charge on any atom is -0.493 e. The zero-order valence-electron chi connectivity index (χ0n) is 23.2. The van der Waals surface area contributed by atoms with Crippen molar-refractivity contribution in [3.05, 3.63) is 114 Å². The SMILES string of the molecule is COc1cc(/C(=C2/N=Cc3c2ccc2ccccc32)c2c3ccc4ccccc4c3cn2B(F)F)cc(OC)c1OC. The monoisotopic (exact) mass is 558 g/mol. The van der Waals surface area contributed by atoms with Crippen molar-refractivity contribution >= 4 is 57.2 Å². The van der Waals surface area contributed by atoms with Gasteiger partial charge in [0.2, 0.25) is 5.75 Å². The largest absolute Gasteiger partial charge is 0.677 e. The average molecular weight is 558 g/mol. The van der Waals surface area contributed by atoms with Crippen molar-refractivity contribution < 1.29 is 22.8 Å². The number of aliphatic imine (C=N–C) groups is 1. The van der Waals surface area contributed by atoms with E-state index in [0.717, 1.165) is 42.5 Å². The fraction of sp³-hybridized carbons (Fsp3) is 0.0882. The summed E-state index contributed by atoms with van der Waals surface area (Å²) in [6.07, 6.45) is 3.36. The topological polar surface area (TPSA) is 45.0 Å². The summed E-state index contributed by atoms with van der Waals surface area (Å²) in [7, 11) is 1.80. The lowest BCUT2D eigenvalue weighted by Crippen LogP contribution is -2.15. The average Bonchev–Trinajstić information content (AvgIpc) is 3.64. The predicted octanol–water partition coefficient (Wildman–Crippen LogP) is 8.09. The summed E-state index contributed by atoms with van der Waals surface area (Å²) in [5, 5.41) is 5.40. The Hall–Kier alpha value is -5.11. The Morgan fingerprint density at radius 2 is 1.36 bits per heavy atom. The second kappa shape index (κ2) is 10.1. The molecule has 0 aliphatic carbocycles. The van der Waals surface area contributed by atoms with E-state index in [1.807, 2.05) is 79.0 Å². The van der Waals surface area contributed by atoms with Crippen LogP contribution in [0.5, 0.6) is 17.2 Å². The minimum atomic E-state index is -2.80. The molecule has 0 radical (unpaired) electrons. The van der Waals surface area contributed by atoms with Gasteiger partial charge in [-0.25, -0.2) is 0 Å². The standard InChI is InChI=1S/C34H25BF2N2O3/c1-40-29-16-22(17-30(41-2)34(29)42-3)31(32-25-14-12-20-8-4-6-10-23(20)27(25)18-38-32)33-26-15-13-21-9-5-7-11-24(21)28(26)19-39(33)35(36)37/h4-19H,1-3H3/b32-31-. The number of halogens is 2. The number of rotatable bonds is 6. The third kappa shape index (κ3) is 3.86. The smallest absolute Gasteiger partial charge is 0.493 e. The van der Waals surface area contributed by atoms with Gasteiger partial charge in [0.05, 0.1) is 32.7 Å². The minimum absolute atomic E-state index is 0.355. The van der Waals surface area contributed by atoms with Crippen LogP contribution >= 0.6 is 0 Å². The Kier molecular flexibility index (Phi) is 6.19. The number of hydrogen-bond donors (Lipinski definition) is 0. The molecule has 42 heavy (non-hydrogen) atoms. The number of aromatic nitrogens is 1. The first-order valence-corrected chi connectivity index (χ1v) is 13.5. The summed E-state index contributed by atoms with van der Waals surface area (Å²) < 4.78 is 47.9. The molecule has 5 nitrogen and oxygen atoms in total. The molecule has 8 heteroatoms. The van der Waals surface area contributed by atoms with Crippen LogP contribution in [0.1, 0.15) is 22.4 Å². The highest BCUT2D eigenvalue weighted by Crippen LogP contribution is 2.47. The first-order chi connectivity index (χ1) is 20.5. The Balaban J connectivity index is 1.64. The van der Waals surface area contributed by atoms with E-state index >= 15 is 0 Å². The first-order valence-electron chi connectivity index (χ1n) is 13.5. The van der Waals surface area contributed by atoms with Crippen molar-refractivity contribution in [2.45, 2.75) is 0 Å². The van der Waals surface area contributed by atoms with Gasteiger partial charge in [0.25, 0.3) is 0 Å². The summed E-state index contributed by atoms with van der Waals surface area (Å²) >= 11 is 0. The highest BCUT2D eigenvalue weighted by molar-refractivity contribution is 6.42. The van der Waals surface area contributed by atoms with Crippen molar-refractivity contribution in [2.24, 2.45) is 4.99 Å². The van der Waals surface area contributed by atoms with Crippen molar-refractivity contribution in [2.75, 3.05) is 21.3 Å². The maximum atomic E-state index is 15.0. The van der Waals surface area contributed by atoms with Crippen LogP contribution in [0.3, 0.4) is 0 Å². The number of methoxy groups -OCH3 is 3. The quantitative estimate of drug-likeness (QED) is 0.194. The molecule has 0 fully saturated rings. The summed E-state index contributed by atoms with van der Waals surface area (Å²) in [5.41, 5.74) is 3.87. The van der Waals surface area contributed by atoms with Gasteiger partial charge in [-0.05, 0) is 39.2 Å². The van der Waals surface area contributed by atoms with Crippen LogP contribution in [0.25, 0.3) is 43.6 Å². The number of benzene rings is 5. The fourth-order valence-electron chi connectivity index (χ4n) is 6.05. The second-order valence-electron chi connectivity index (χ2n) is 10.1. The molecule has 7 rings (SSSR count). The molecule has 0 saturated carbocycles. The maximum absolute atomic E-state index is 15.0. The van der Waals surface area contributed by atoms with E-state index in [-0.39, 0.29) is 0 Å². The van der Waals surface area contributed by atoms with Gasteiger partial charge in [-0.3, -0.25) is 13.6 Å². The van der Waals surface area contributed by atoms with Gasteiger partial charge < -0.3 is 18.7 Å². The van der Waals surface area contributed by atoms with Crippen molar-refractivity contribution in [1.82, 2.24) is 4.48 Å². The van der Waals surface area contributed by atoms with Crippen LogP contribution in [0.2, 0.25) is 0 Å². The van der Waals surface area contributed by atoms with E-state index in [2.05, 4.69) is 0 Å². The Morgan fingerprint density at radius 3 is 2.02 bits per heavy atom. The van der Waals surface area contributed by atoms with Gasteiger partial charge in [0, 0.05) is 39.9 Å². The number of ether oxygens (including phenoxy) is 3. The lowest BCUT2D eigenvalue weighted by atomic mass is 9.91. The van der Waals surface area contributed by atoms with Crippen LogP contribution in [-0.4, -0.2) is 39.4 Å². The van der Waals surface area contributed by atoms with Gasteiger partial charge in [0.1, 0.15) is 0 Å². The summed E-state index contributed by atoms with van der Waals surface area (Å²) in [5.74, 6) is 1.24. The molecule has 0 spiro atoms.